The molecule has 0 amide bonds. The molecule has 2 rings (SSSR count). The minimum absolute atomic E-state index is 0.334. The number of allylic oxidation sites excluding steroid dienone is 1. The fourth-order valence-corrected chi connectivity index (χ4v) is 3.32. The van der Waals surface area contributed by atoms with E-state index >= 15 is 0 Å². The number of benzene rings is 1. The summed E-state index contributed by atoms with van der Waals surface area (Å²) in [5.41, 5.74) is 1.72. The van der Waals surface area contributed by atoms with Crippen molar-refractivity contribution in [2.45, 2.75) is 83.8 Å². The molecule has 0 N–H and O–H groups in total. The van der Waals surface area contributed by atoms with Crippen molar-refractivity contribution in [3.05, 3.63) is 41.2 Å². The quantitative estimate of drug-likeness (QED) is 0.302. The van der Waals surface area contributed by atoms with Crippen LogP contribution in [-0.2, 0) is 11.2 Å². The third kappa shape index (κ3) is 7.43. The first-order chi connectivity index (χ1) is 13.0. The van der Waals surface area contributed by atoms with Crippen molar-refractivity contribution in [3.63, 3.8) is 0 Å². The lowest BCUT2D eigenvalue weighted by Gasteiger charge is -2.23. The third-order valence-electron chi connectivity index (χ3n) is 4.82. The Morgan fingerprint density at radius 1 is 1.07 bits per heavy atom. The zero-order valence-corrected chi connectivity index (χ0v) is 15.8. The third-order valence-corrected chi connectivity index (χ3v) is 4.82. The molecule has 0 saturated carbocycles. The molecule has 0 aromatic heterocycles. The van der Waals surface area contributed by atoms with Crippen molar-refractivity contribution in [1.29, 1.82) is 0 Å². The Kier molecular flexibility index (Phi) is 8.95. The fraction of sp³-hybridized carbons (Fsp3) is 0.619. The summed E-state index contributed by atoms with van der Waals surface area (Å²) in [6.07, 6.45) is 12.1. The van der Waals surface area contributed by atoms with Crippen LogP contribution < -0.4 is 4.74 Å². The molecule has 1 unspecified atom stereocenters. The molecule has 1 heterocycles. The number of unbranched alkanes of at least 4 members (excludes halogenated alkanes) is 3. The maximum absolute atomic E-state index is 13.7. The number of halogens is 4. The van der Waals surface area contributed by atoms with Crippen molar-refractivity contribution in [1.82, 2.24) is 0 Å². The standard InChI is InChI=1S/C21H28F4O2/c1-2-3-4-9-17-11-10-15(14-26-17)7-5-6-8-16-12-18(22)20(19(23)13-16)27-21(24)25/h12-14,17,21H,2-11H2,1H3. The van der Waals surface area contributed by atoms with E-state index in [1.807, 2.05) is 6.26 Å². The van der Waals surface area contributed by atoms with E-state index < -0.39 is 24.0 Å². The molecule has 0 spiro atoms. The highest BCUT2D eigenvalue weighted by Crippen LogP contribution is 2.27. The molecular weight excluding hydrogens is 360 g/mol. The lowest BCUT2D eigenvalue weighted by atomic mass is 9.97. The lowest BCUT2D eigenvalue weighted by molar-refractivity contribution is -0.0546. The SMILES string of the molecule is CCCCCC1CCC(CCCCc2cc(F)c(OC(F)F)c(F)c2)=CO1. The zero-order chi connectivity index (χ0) is 19.6. The molecule has 1 aromatic carbocycles. The predicted molar refractivity (Wildman–Crippen MR) is 96.9 cm³/mol. The average molecular weight is 388 g/mol. The number of hydrogen-bond acceptors (Lipinski definition) is 2. The van der Waals surface area contributed by atoms with Gasteiger partial charge in [-0.3, -0.25) is 0 Å². The van der Waals surface area contributed by atoms with E-state index in [9.17, 15) is 17.6 Å². The molecule has 1 aliphatic heterocycles. The van der Waals surface area contributed by atoms with Crippen LogP contribution in [0, 0.1) is 11.6 Å². The summed E-state index contributed by atoms with van der Waals surface area (Å²) in [5.74, 6) is -3.21. The fourth-order valence-electron chi connectivity index (χ4n) is 3.32. The molecule has 0 radical (unpaired) electrons. The minimum atomic E-state index is -3.25. The van der Waals surface area contributed by atoms with Crippen LogP contribution in [0.15, 0.2) is 24.0 Å². The summed E-state index contributed by atoms with van der Waals surface area (Å²) >= 11 is 0. The Balaban J connectivity index is 1.71. The molecule has 0 aliphatic carbocycles. The Morgan fingerprint density at radius 3 is 2.37 bits per heavy atom. The van der Waals surface area contributed by atoms with Gasteiger partial charge in [0, 0.05) is 0 Å². The number of ether oxygens (including phenoxy) is 2. The van der Waals surface area contributed by atoms with Gasteiger partial charge in [-0.05, 0) is 74.6 Å². The number of rotatable bonds is 11. The normalized spacial score (nSPS) is 17.0. The summed E-state index contributed by atoms with van der Waals surface area (Å²) in [5, 5.41) is 0. The van der Waals surface area contributed by atoms with Crippen molar-refractivity contribution in [3.8, 4) is 5.75 Å². The van der Waals surface area contributed by atoms with E-state index in [4.69, 9.17) is 4.74 Å². The van der Waals surface area contributed by atoms with Crippen LogP contribution in [0.1, 0.15) is 70.3 Å². The monoisotopic (exact) mass is 388 g/mol. The summed E-state index contributed by atoms with van der Waals surface area (Å²) in [6.45, 7) is -1.06. The molecule has 0 bridgehead atoms. The first-order valence-corrected chi connectivity index (χ1v) is 9.75. The van der Waals surface area contributed by atoms with Gasteiger partial charge in [-0.25, -0.2) is 8.78 Å². The molecule has 1 aliphatic rings. The summed E-state index contributed by atoms with van der Waals surface area (Å²) in [6, 6.07) is 2.12. The van der Waals surface area contributed by atoms with Crippen molar-refractivity contribution in [2.75, 3.05) is 0 Å². The van der Waals surface area contributed by atoms with Crippen LogP contribution in [0.4, 0.5) is 17.6 Å². The number of aryl methyl sites for hydroxylation is 1. The van der Waals surface area contributed by atoms with Crippen LogP contribution in [0.2, 0.25) is 0 Å². The second kappa shape index (κ2) is 11.2. The van der Waals surface area contributed by atoms with Crippen molar-refractivity contribution >= 4 is 0 Å². The molecule has 1 aromatic rings. The first kappa shape index (κ1) is 21.6. The molecule has 27 heavy (non-hydrogen) atoms. The largest absolute Gasteiger partial charge is 0.498 e. The summed E-state index contributed by atoms with van der Waals surface area (Å²) < 4.78 is 61.3. The molecule has 152 valence electrons. The van der Waals surface area contributed by atoms with Gasteiger partial charge in [0.25, 0.3) is 0 Å². The second-order valence-electron chi connectivity index (χ2n) is 7.04. The minimum Gasteiger partial charge on any atom is -0.498 e. The smallest absolute Gasteiger partial charge is 0.387 e. The average Bonchev–Trinajstić information content (AvgIpc) is 2.63. The van der Waals surface area contributed by atoms with Gasteiger partial charge in [0.15, 0.2) is 17.4 Å². The maximum Gasteiger partial charge on any atom is 0.387 e. The molecule has 0 fully saturated rings. The second-order valence-corrected chi connectivity index (χ2v) is 7.04. The van der Waals surface area contributed by atoms with E-state index in [-0.39, 0.29) is 0 Å². The van der Waals surface area contributed by atoms with Gasteiger partial charge in [0.05, 0.1) is 12.4 Å². The maximum atomic E-state index is 13.7. The van der Waals surface area contributed by atoms with Gasteiger partial charge in [0.2, 0.25) is 0 Å². The highest BCUT2D eigenvalue weighted by molar-refractivity contribution is 5.31. The van der Waals surface area contributed by atoms with Crippen LogP contribution >= 0.6 is 0 Å². The Morgan fingerprint density at radius 2 is 1.78 bits per heavy atom. The van der Waals surface area contributed by atoms with Crippen LogP contribution in [0.25, 0.3) is 0 Å². The van der Waals surface area contributed by atoms with Gasteiger partial charge in [0.1, 0.15) is 0 Å². The lowest BCUT2D eigenvalue weighted by Crippen LogP contribution is -2.14. The van der Waals surface area contributed by atoms with Crippen molar-refractivity contribution in [2.24, 2.45) is 0 Å². The molecule has 0 saturated heterocycles. The Hall–Kier alpha value is -1.72. The molecule has 6 heteroatoms. The summed E-state index contributed by atoms with van der Waals surface area (Å²) in [4.78, 5) is 0. The van der Waals surface area contributed by atoms with Crippen LogP contribution in [-0.4, -0.2) is 12.7 Å². The molecule has 2 nitrogen and oxygen atoms in total. The van der Waals surface area contributed by atoms with Gasteiger partial charge in [-0.15, -0.1) is 0 Å². The number of alkyl halides is 2. The molecular formula is C21H28F4O2. The van der Waals surface area contributed by atoms with Gasteiger partial charge >= 0.3 is 6.61 Å². The predicted octanol–water partition coefficient (Wildman–Crippen LogP) is 6.92. The van der Waals surface area contributed by atoms with E-state index in [0.717, 1.165) is 50.7 Å². The topological polar surface area (TPSA) is 18.5 Å². The number of hydrogen-bond donors (Lipinski definition) is 0. The van der Waals surface area contributed by atoms with Gasteiger partial charge in [-0.2, -0.15) is 8.78 Å². The highest BCUT2D eigenvalue weighted by Gasteiger charge is 2.17. The summed E-state index contributed by atoms with van der Waals surface area (Å²) in [7, 11) is 0. The van der Waals surface area contributed by atoms with E-state index in [1.54, 1.807) is 0 Å². The highest BCUT2D eigenvalue weighted by atomic mass is 19.3. The van der Waals surface area contributed by atoms with Crippen molar-refractivity contribution < 1.29 is 27.0 Å². The first-order valence-electron chi connectivity index (χ1n) is 9.75. The van der Waals surface area contributed by atoms with Gasteiger partial charge in [-0.1, -0.05) is 19.8 Å². The van der Waals surface area contributed by atoms with Crippen LogP contribution in [0.3, 0.4) is 0 Å². The van der Waals surface area contributed by atoms with Crippen LogP contribution in [0.5, 0.6) is 5.75 Å². The van der Waals surface area contributed by atoms with Gasteiger partial charge < -0.3 is 9.47 Å². The zero-order valence-electron chi connectivity index (χ0n) is 15.8. The molecule has 1 atom stereocenters. The van der Waals surface area contributed by atoms with E-state index in [2.05, 4.69) is 11.7 Å². The van der Waals surface area contributed by atoms with E-state index in [0.29, 0.717) is 18.1 Å². The van der Waals surface area contributed by atoms with E-state index in [1.165, 1.54) is 24.8 Å². The Bertz CT molecular complexity index is 593. The Labute approximate surface area is 158 Å².